The highest BCUT2D eigenvalue weighted by Gasteiger charge is 2.30. The zero-order chi connectivity index (χ0) is 20.3. The quantitative estimate of drug-likeness (QED) is 0.550. The van der Waals surface area contributed by atoms with Gasteiger partial charge in [-0.1, -0.05) is 0 Å². The van der Waals surface area contributed by atoms with Crippen LogP contribution in [0.5, 0.6) is 0 Å². The summed E-state index contributed by atoms with van der Waals surface area (Å²) in [4.78, 5) is 24.4. The molecule has 0 atom stereocenters. The summed E-state index contributed by atoms with van der Waals surface area (Å²) in [6.07, 6.45) is 6.94. The summed E-state index contributed by atoms with van der Waals surface area (Å²) < 4.78 is 27.7. The van der Waals surface area contributed by atoms with E-state index in [2.05, 4.69) is 4.72 Å². The molecule has 0 heterocycles. The Morgan fingerprint density at radius 3 is 2.25 bits per heavy atom. The van der Waals surface area contributed by atoms with Crippen molar-refractivity contribution in [2.45, 2.75) is 68.3 Å². The van der Waals surface area contributed by atoms with Crippen LogP contribution in [0.3, 0.4) is 0 Å². The Morgan fingerprint density at radius 2 is 1.75 bits per heavy atom. The monoisotopic (exact) mass is 409 g/mol. The fourth-order valence-electron chi connectivity index (χ4n) is 3.89. The third-order valence-corrected chi connectivity index (χ3v) is 7.54. The van der Waals surface area contributed by atoms with Crippen molar-refractivity contribution in [3.8, 4) is 0 Å². The van der Waals surface area contributed by atoms with Crippen molar-refractivity contribution in [3.05, 3.63) is 34.4 Å². The molecule has 2 aliphatic rings. The number of nitrogens with one attached hydrogen (secondary N) is 1. The second-order valence-corrected chi connectivity index (χ2v) is 9.60. The first-order valence-corrected chi connectivity index (χ1v) is 11.3. The molecule has 0 bridgehead atoms. The Morgan fingerprint density at radius 1 is 1.14 bits per heavy atom. The fourth-order valence-corrected chi connectivity index (χ4v) is 5.19. The van der Waals surface area contributed by atoms with Crippen LogP contribution >= 0.6 is 0 Å². The topological polar surface area (TPSA) is 110 Å². The van der Waals surface area contributed by atoms with Crippen molar-refractivity contribution in [1.29, 1.82) is 0 Å². The minimum atomic E-state index is -3.71. The van der Waals surface area contributed by atoms with E-state index in [4.69, 9.17) is 0 Å². The smallest absolute Gasteiger partial charge is 0.269 e. The fraction of sp³-hybridized carbons (Fsp3) is 0.632. The van der Waals surface area contributed by atoms with E-state index in [9.17, 15) is 23.3 Å². The van der Waals surface area contributed by atoms with Crippen molar-refractivity contribution >= 4 is 21.6 Å². The van der Waals surface area contributed by atoms with Gasteiger partial charge in [0, 0.05) is 37.7 Å². The Labute approximate surface area is 165 Å². The van der Waals surface area contributed by atoms with Gasteiger partial charge >= 0.3 is 0 Å². The molecular weight excluding hydrogens is 382 g/mol. The molecular formula is C19H27N3O5S. The molecule has 28 heavy (non-hydrogen) atoms. The van der Waals surface area contributed by atoms with Crippen LogP contribution in [0.25, 0.3) is 0 Å². The Balaban J connectivity index is 1.49. The average molecular weight is 410 g/mol. The van der Waals surface area contributed by atoms with Crippen LogP contribution in [0, 0.1) is 16.0 Å². The maximum Gasteiger partial charge on any atom is 0.269 e. The summed E-state index contributed by atoms with van der Waals surface area (Å²) in [5, 5.41) is 10.7. The highest BCUT2D eigenvalue weighted by atomic mass is 32.2. The molecule has 0 spiro atoms. The van der Waals surface area contributed by atoms with E-state index >= 15 is 0 Å². The molecule has 3 rings (SSSR count). The van der Waals surface area contributed by atoms with E-state index in [1.165, 1.54) is 30.7 Å². The minimum Gasteiger partial charge on any atom is -0.343 e. The number of rotatable bonds is 7. The number of carbonyl (C=O) groups is 1. The van der Waals surface area contributed by atoms with Crippen LogP contribution in [0.2, 0.25) is 0 Å². The van der Waals surface area contributed by atoms with E-state index in [-0.39, 0.29) is 22.5 Å². The summed E-state index contributed by atoms with van der Waals surface area (Å²) in [6, 6.07) is 5.11. The Bertz CT molecular complexity index is 812. The SMILES string of the molecule is CN(C(=O)CC1CCC(NS(=O)(=O)c2ccc([N+](=O)[O-])cc2)CC1)C1CCC1. The van der Waals surface area contributed by atoms with Crippen LogP contribution in [0.15, 0.2) is 29.2 Å². The third-order valence-electron chi connectivity index (χ3n) is 6.01. The first kappa shape index (κ1) is 20.7. The minimum absolute atomic E-state index is 0.0255. The first-order valence-electron chi connectivity index (χ1n) is 9.78. The second kappa shape index (κ2) is 8.57. The van der Waals surface area contributed by atoms with Crippen molar-refractivity contribution in [3.63, 3.8) is 0 Å². The summed E-state index contributed by atoms with van der Waals surface area (Å²) in [5.74, 6) is 0.495. The number of sulfonamides is 1. The van der Waals surface area contributed by atoms with Crippen molar-refractivity contribution < 1.29 is 18.1 Å². The number of non-ortho nitro benzene ring substituents is 1. The summed E-state index contributed by atoms with van der Waals surface area (Å²) in [5.41, 5.74) is -0.143. The largest absolute Gasteiger partial charge is 0.343 e. The molecule has 1 N–H and O–H groups in total. The van der Waals surface area contributed by atoms with Crippen LogP contribution in [0.1, 0.15) is 51.4 Å². The molecule has 2 aliphatic carbocycles. The van der Waals surface area contributed by atoms with Gasteiger partial charge < -0.3 is 4.90 Å². The summed E-state index contributed by atoms with van der Waals surface area (Å²) >= 11 is 0. The lowest BCUT2D eigenvalue weighted by Crippen LogP contribution is -2.42. The Kier molecular flexibility index (Phi) is 6.34. The molecule has 0 aromatic heterocycles. The van der Waals surface area contributed by atoms with Gasteiger partial charge in [0.05, 0.1) is 9.82 Å². The van der Waals surface area contributed by atoms with E-state index < -0.39 is 14.9 Å². The molecule has 154 valence electrons. The number of benzene rings is 1. The van der Waals surface area contributed by atoms with Gasteiger partial charge in [0.15, 0.2) is 0 Å². The van der Waals surface area contributed by atoms with E-state index in [0.29, 0.717) is 31.2 Å². The third kappa shape index (κ3) is 4.88. The van der Waals surface area contributed by atoms with Gasteiger partial charge in [-0.15, -0.1) is 0 Å². The lowest BCUT2D eigenvalue weighted by atomic mass is 9.83. The summed E-state index contributed by atoms with van der Waals surface area (Å²) in [6.45, 7) is 0. The van der Waals surface area contributed by atoms with Gasteiger partial charge in [0.25, 0.3) is 5.69 Å². The highest BCUT2D eigenvalue weighted by molar-refractivity contribution is 7.89. The molecule has 0 unspecified atom stereocenters. The predicted octanol–water partition coefficient (Wildman–Crippen LogP) is 2.83. The van der Waals surface area contributed by atoms with Crippen molar-refractivity contribution in [1.82, 2.24) is 9.62 Å². The van der Waals surface area contributed by atoms with Gasteiger partial charge in [-0.2, -0.15) is 0 Å². The molecule has 1 aromatic rings. The number of amides is 1. The van der Waals surface area contributed by atoms with Crippen LogP contribution in [0.4, 0.5) is 5.69 Å². The number of hydrogen-bond acceptors (Lipinski definition) is 5. The van der Waals surface area contributed by atoms with E-state index in [0.717, 1.165) is 25.7 Å². The zero-order valence-electron chi connectivity index (χ0n) is 16.0. The lowest BCUT2D eigenvalue weighted by molar-refractivity contribution is -0.384. The molecule has 9 heteroatoms. The normalized spacial score (nSPS) is 23.0. The molecule has 0 radical (unpaired) electrons. The van der Waals surface area contributed by atoms with E-state index in [1.807, 2.05) is 11.9 Å². The average Bonchev–Trinajstić information content (AvgIpc) is 2.61. The molecule has 8 nitrogen and oxygen atoms in total. The molecule has 2 fully saturated rings. The van der Waals surface area contributed by atoms with Gasteiger partial charge in [-0.3, -0.25) is 14.9 Å². The van der Waals surface area contributed by atoms with Crippen molar-refractivity contribution in [2.75, 3.05) is 7.05 Å². The molecule has 0 aliphatic heterocycles. The van der Waals surface area contributed by atoms with Gasteiger partial charge in [0.2, 0.25) is 15.9 Å². The Hall–Kier alpha value is -2.00. The zero-order valence-corrected chi connectivity index (χ0v) is 16.9. The number of nitro groups is 1. The summed E-state index contributed by atoms with van der Waals surface area (Å²) in [7, 11) is -1.83. The number of carbonyl (C=O) groups excluding carboxylic acids is 1. The molecule has 1 aromatic carbocycles. The number of nitrogens with zero attached hydrogens (tertiary/aromatic N) is 2. The maximum absolute atomic E-state index is 12.5. The van der Waals surface area contributed by atoms with Crippen LogP contribution in [-0.4, -0.2) is 43.3 Å². The van der Waals surface area contributed by atoms with Crippen LogP contribution < -0.4 is 4.72 Å². The molecule has 0 saturated heterocycles. The number of hydrogen-bond donors (Lipinski definition) is 1. The van der Waals surface area contributed by atoms with Crippen molar-refractivity contribution in [2.24, 2.45) is 5.92 Å². The van der Waals surface area contributed by atoms with Gasteiger partial charge in [-0.05, 0) is 63.0 Å². The van der Waals surface area contributed by atoms with Gasteiger partial charge in [0.1, 0.15) is 0 Å². The standard InChI is InChI=1S/C19H27N3O5S/c1-21(16-3-2-4-16)19(23)13-14-5-7-15(8-6-14)20-28(26,27)18-11-9-17(10-12-18)22(24)25/h9-12,14-16,20H,2-8,13H2,1H3. The first-order chi connectivity index (χ1) is 13.3. The predicted molar refractivity (Wildman–Crippen MR) is 104 cm³/mol. The lowest BCUT2D eigenvalue weighted by Gasteiger charge is -2.36. The second-order valence-electron chi connectivity index (χ2n) is 7.88. The molecule has 1 amide bonds. The number of nitro benzene ring substituents is 1. The maximum atomic E-state index is 12.5. The van der Waals surface area contributed by atoms with Gasteiger partial charge in [-0.25, -0.2) is 13.1 Å². The molecule has 2 saturated carbocycles. The highest BCUT2D eigenvalue weighted by Crippen LogP contribution is 2.30. The van der Waals surface area contributed by atoms with E-state index in [1.54, 1.807) is 0 Å². The van der Waals surface area contributed by atoms with Crippen LogP contribution in [-0.2, 0) is 14.8 Å².